The fourth-order valence-corrected chi connectivity index (χ4v) is 2.97. The van der Waals surface area contributed by atoms with Crippen molar-refractivity contribution in [1.29, 1.82) is 0 Å². The van der Waals surface area contributed by atoms with E-state index >= 15 is 0 Å². The molecule has 1 aliphatic rings. The van der Waals surface area contributed by atoms with E-state index in [2.05, 4.69) is 5.32 Å². The first kappa shape index (κ1) is 20.1. The quantitative estimate of drug-likeness (QED) is 0.864. The van der Waals surface area contributed by atoms with Crippen LogP contribution in [0.4, 0.5) is 18.0 Å². The highest BCUT2D eigenvalue weighted by molar-refractivity contribution is 5.88. The molecule has 1 fully saturated rings. The average molecular weight is 371 g/mol. The highest BCUT2D eigenvalue weighted by atomic mass is 19.4. The van der Waals surface area contributed by atoms with Gasteiger partial charge in [-0.3, -0.25) is 4.79 Å². The van der Waals surface area contributed by atoms with Crippen LogP contribution in [0, 0.1) is 0 Å². The molecular formula is C18H24F3N3O2. The zero-order valence-electron chi connectivity index (χ0n) is 15.0. The van der Waals surface area contributed by atoms with Crippen LogP contribution in [0.5, 0.6) is 0 Å². The molecule has 0 aromatic heterocycles. The number of urea groups is 1. The zero-order valence-corrected chi connectivity index (χ0v) is 15.0. The number of benzene rings is 1. The Balaban J connectivity index is 2.03. The van der Waals surface area contributed by atoms with Crippen LogP contribution in [0.2, 0.25) is 0 Å². The molecule has 3 amide bonds. The van der Waals surface area contributed by atoms with Crippen LogP contribution in [-0.4, -0.2) is 47.9 Å². The molecule has 1 aromatic carbocycles. The molecule has 0 bridgehead atoms. The standard InChI is InChI=1S/C18H24F3N3O2/c1-3-4-8-15-16(25)23(2)9-10-24(15)17(26)22-12-13-6-5-7-14(11-13)18(19,20)21/h5-7,11,15H,3-4,8-10,12H2,1-2H3,(H,22,26)/t15-/m0/s1. The van der Waals surface area contributed by atoms with Crippen LogP contribution in [-0.2, 0) is 17.5 Å². The summed E-state index contributed by atoms with van der Waals surface area (Å²) < 4.78 is 38.3. The van der Waals surface area contributed by atoms with Crippen molar-refractivity contribution in [2.75, 3.05) is 20.1 Å². The summed E-state index contributed by atoms with van der Waals surface area (Å²) in [5.74, 6) is -0.0982. The number of nitrogens with zero attached hydrogens (tertiary/aromatic N) is 2. The number of hydrogen-bond acceptors (Lipinski definition) is 2. The third kappa shape index (κ3) is 4.89. The number of carbonyl (C=O) groups excluding carboxylic acids is 2. The molecule has 0 spiro atoms. The first-order valence-electron chi connectivity index (χ1n) is 8.69. The molecule has 0 radical (unpaired) electrons. The third-order valence-corrected chi connectivity index (χ3v) is 4.50. The number of carbonyl (C=O) groups is 2. The van der Waals surface area contributed by atoms with E-state index in [4.69, 9.17) is 0 Å². The second kappa shape index (κ2) is 8.42. The number of rotatable bonds is 5. The number of nitrogens with one attached hydrogen (secondary N) is 1. The summed E-state index contributed by atoms with van der Waals surface area (Å²) in [6.45, 7) is 2.84. The smallest absolute Gasteiger partial charge is 0.342 e. The molecule has 2 rings (SSSR count). The Morgan fingerprint density at radius 2 is 2.04 bits per heavy atom. The number of alkyl halides is 3. The highest BCUT2D eigenvalue weighted by Crippen LogP contribution is 2.29. The van der Waals surface area contributed by atoms with Crippen LogP contribution in [0.25, 0.3) is 0 Å². The van der Waals surface area contributed by atoms with Gasteiger partial charge in [-0.25, -0.2) is 4.79 Å². The van der Waals surface area contributed by atoms with Crippen molar-refractivity contribution < 1.29 is 22.8 Å². The zero-order chi connectivity index (χ0) is 19.3. The lowest BCUT2D eigenvalue weighted by Crippen LogP contribution is -2.59. The predicted octanol–water partition coefficient (Wildman–Crippen LogP) is 3.25. The van der Waals surface area contributed by atoms with Gasteiger partial charge in [0, 0.05) is 26.7 Å². The minimum absolute atomic E-state index is 0.0240. The Labute approximate surface area is 151 Å². The summed E-state index contributed by atoms with van der Waals surface area (Å²) in [5.41, 5.74) is -0.390. The molecule has 1 N–H and O–H groups in total. The van der Waals surface area contributed by atoms with Gasteiger partial charge in [0.05, 0.1) is 5.56 Å². The maximum Gasteiger partial charge on any atom is 0.416 e. The normalized spacial score (nSPS) is 18.2. The minimum Gasteiger partial charge on any atom is -0.342 e. The Kier molecular flexibility index (Phi) is 6.50. The number of hydrogen-bond donors (Lipinski definition) is 1. The molecule has 144 valence electrons. The molecule has 0 saturated carbocycles. The number of piperazine rings is 1. The maximum atomic E-state index is 12.8. The summed E-state index contributed by atoms with van der Waals surface area (Å²) in [7, 11) is 1.71. The summed E-state index contributed by atoms with van der Waals surface area (Å²) >= 11 is 0. The molecule has 8 heteroatoms. The van der Waals surface area contributed by atoms with Gasteiger partial charge in [0.2, 0.25) is 5.91 Å². The lowest BCUT2D eigenvalue weighted by atomic mass is 10.0. The molecule has 0 aliphatic carbocycles. The van der Waals surface area contributed by atoms with Crippen molar-refractivity contribution in [2.24, 2.45) is 0 Å². The largest absolute Gasteiger partial charge is 0.416 e. The van der Waals surface area contributed by atoms with E-state index in [1.54, 1.807) is 11.9 Å². The van der Waals surface area contributed by atoms with Gasteiger partial charge in [0.25, 0.3) is 0 Å². The van der Waals surface area contributed by atoms with Crippen LogP contribution in [0.15, 0.2) is 24.3 Å². The SMILES string of the molecule is CCCC[C@H]1C(=O)N(C)CCN1C(=O)NCc1cccc(C(F)(F)F)c1. The predicted molar refractivity (Wildman–Crippen MR) is 91.3 cm³/mol. The third-order valence-electron chi connectivity index (χ3n) is 4.50. The van der Waals surface area contributed by atoms with Crippen molar-refractivity contribution in [1.82, 2.24) is 15.1 Å². The van der Waals surface area contributed by atoms with Crippen molar-refractivity contribution >= 4 is 11.9 Å². The lowest BCUT2D eigenvalue weighted by Gasteiger charge is -2.39. The van der Waals surface area contributed by atoms with Crippen molar-refractivity contribution in [3.05, 3.63) is 35.4 Å². The lowest BCUT2D eigenvalue weighted by molar-refractivity contribution is -0.139. The molecular weight excluding hydrogens is 347 g/mol. The summed E-state index contributed by atoms with van der Waals surface area (Å²) in [5, 5.41) is 2.64. The Bertz CT molecular complexity index is 649. The second-order valence-corrected chi connectivity index (χ2v) is 6.47. The van der Waals surface area contributed by atoms with Crippen LogP contribution in [0.3, 0.4) is 0 Å². The van der Waals surface area contributed by atoms with E-state index in [-0.39, 0.29) is 12.5 Å². The summed E-state index contributed by atoms with van der Waals surface area (Å²) in [6.07, 6.45) is -2.11. The van der Waals surface area contributed by atoms with Crippen molar-refractivity contribution in [3.63, 3.8) is 0 Å². The second-order valence-electron chi connectivity index (χ2n) is 6.47. The van der Waals surface area contributed by atoms with E-state index in [1.165, 1.54) is 17.0 Å². The van der Waals surface area contributed by atoms with E-state index in [0.717, 1.165) is 25.0 Å². The molecule has 5 nitrogen and oxygen atoms in total. The maximum absolute atomic E-state index is 12.8. The van der Waals surface area contributed by atoms with Crippen LogP contribution >= 0.6 is 0 Å². The minimum atomic E-state index is -4.42. The van der Waals surface area contributed by atoms with Crippen molar-refractivity contribution in [2.45, 2.75) is 44.9 Å². The Morgan fingerprint density at radius 1 is 1.31 bits per heavy atom. The summed E-state index contributed by atoms with van der Waals surface area (Å²) in [6, 6.07) is 3.91. The molecule has 0 unspecified atom stereocenters. The molecule has 1 aromatic rings. The fourth-order valence-electron chi connectivity index (χ4n) is 2.97. The van der Waals surface area contributed by atoms with Gasteiger partial charge < -0.3 is 15.1 Å². The van der Waals surface area contributed by atoms with Crippen LogP contribution < -0.4 is 5.32 Å². The van der Waals surface area contributed by atoms with Crippen molar-refractivity contribution in [3.8, 4) is 0 Å². The van der Waals surface area contributed by atoms with Gasteiger partial charge in [-0.1, -0.05) is 31.9 Å². The monoisotopic (exact) mass is 371 g/mol. The van der Waals surface area contributed by atoms with Crippen LogP contribution in [0.1, 0.15) is 37.3 Å². The Hall–Kier alpha value is -2.25. The first-order chi connectivity index (χ1) is 12.2. The van der Waals surface area contributed by atoms with E-state index in [0.29, 0.717) is 25.1 Å². The van der Waals surface area contributed by atoms with Gasteiger partial charge in [0.15, 0.2) is 0 Å². The topological polar surface area (TPSA) is 52.7 Å². The fraction of sp³-hybridized carbons (Fsp3) is 0.556. The molecule has 1 aliphatic heterocycles. The molecule has 1 heterocycles. The average Bonchev–Trinajstić information content (AvgIpc) is 2.60. The number of likely N-dealkylation sites (N-methyl/N-ethyl adjacent to an activating group) is 1. The Morgan fingerprint density at radius 3 is 2.69 bits per heavy atom. The number of halogens is 3. The van der Waals surface area contributed by atoms with Gasteiger partial charge in [-0.05, 0) is 24.1 Å². The highest BCUT2D eigenvalue weighted by Gasteiger charge is 2.35. The molecule has 1 atom stereocenters. The van der Waals surface area contributed by atoms with Gasteiger partial charge >= 0.3 is 12.2 Å². The first-order valence-corrected chi connectivity index (χ1v) is 8.69. The van der Waals surface area contributed by atoms with Gasteiger partial charge in [0.1, 0.15) is 6.04 Å². The molecule has 26 heavy (non-hydrogen) atoms. The summed E-state index contributed by atoms with van der Waals surface area (Å²) in [4.78, 5) is 28.0. The number of amides is 3. The van der Waals surface area contributed by atoms with Gasteiger partial charge in [-0.15, -0.1) is 0 Å². The van der Waals surface area contributed by atoms with E-state index in [1.807, 2.05) is 6.92 Å². The van der Waals surface area contributed by atoms with Gasteiger partial charge in [-0.2, -0.15) is 13.2 Å². The number of unbranched alkanes of at least 4 members (excludes halogenated alkanes) is 1. The van der Waals surface area contributed by atoms with E-state index < -0.39 is 23.8 Å². The van der Waals surface area contributed by atoms with E-state index in [9.17, 15) is 22.8 Å². The molecule has 1 saturated heterocycles.